The predicted octanol–water partition coefficient (Wildman–Crippen LogP) is 7.44. The van der Waals surface area contributed by atoms with Crippen molar-refractivity contribution >= 4 is 57.7 Å². The molecule has 1 N–H and O–H groups in total. The Bertz CT molecular complexity index is 2410. The SMILES string of the molecule is COc1cccc(O)c1[C@H]1C2=CC[C@@H]3C(=O)N(c4ccc(-c5nc6ccccc6o5)cc4)C(=O)[C@@H]3[C@@H]2C[C@H]2C(=O)N(c3ccc(F)c(Cl)c3)C(=O)[C@@]12C. The molecular formula is C41H31ClFN3O7. The quantitative estimate of drug-likeness (QED) is 0.146. The van der Waals surface area contributed by atoms with Crippen molar-refractivity contribution in [3.63, 3.8) is 0 Å². The van der Waals surface area contributed by atoms with Gasteiger partial charge < -0.3 is 14.3 Å². The number of methoxy groups -OCH3 is 1. The Hall–Kier alpha value is -5.81. The van der Waals surface area contributed by atoms with Crippen LogP contribution in [-0.2, 0) is 19.2 Å². The van der Waals surface area contributed by atoms with Crippen molar-refractivity contribution in [1.82, 2.24) is 4.98 Å². The first-order valence-corrected chi connectivity index (χ1v) is 17.6. The van der Waals surface area contributed by atoms with Gasteiger partial charge in [-0.3, -0.25) is 24.1 Å². The molecule has 0 radical (unpaired) electrons. The average molecular weight is 732 g/mol. The number of anilines is 2. The van der Waals surface area contributed by atoms with Crippen LogP contribution in [-0.4, -0.2) is 40.8 Å². The van der Waals surface area contributed by atoms with E-state index in [1.165, 1.54) is 30.2 Å². The highest BCUT2D eigenvalue weighted by Crippen LogP contribution is 2.65. The van der Waals surface area contributed by atoms with Gasteiger partial charge >= 0.3 is 0 Å². The maximum Gasteiger partial charge on any atom is 0.241 e. The first kappa shape index (κ1) is 33.1. The molecule has 4 aromatic carbocycles. The van der Waals surface area contributed by atoms with Gasteiger partial charge in [-0.05, 0) is 92.4 Å². The molecule has 10 nitrogen and oxygen atoms in total. The molecule has 3 fully saturated rings. The number of amides is 4. The van der Waals surface area contributed by atoms with Crippen LogP contribution in [0.1, 0.15) is 31.2 Å². The number of hydrogen-bond donors (Lipinski definition) is 1. The molecule has 1 aromatic heterocycles. The Kier molecular flexibility index (Phi) is 7.40. The lowest BCUT2D eigenvalue weighted by molar-refractivity contribution is -0.131. The number of fused-ring (bicyclic) bond motifs is 5. The van der Waals surface area contributed by atoms with Gasteiger partial charge in [0.2, 0.25) is 29.5 Å². The number of para-hydroxylation sites is 2. The topological polar surface area (TPSA) is 130 Å². The van der Waals surface area contributed by atoms with Gasteiger partial charge in [0.15, 0.2) is 5.58 Å². The Morgan fingerprint density at radius 1 is 0.906 bits per heavy atom. The van der Waals surface area contributed by atoms with Crippen LogP contribution < -0.4 is 14.5 Å². The van der Waals surface area contributed by atoms with Crippen molar-refractivity contribution in [3.8, 4) is 23.0 Å². The van der Waals surface area contributed by atoms with Gasteiger partial charge in [-0.2, -0.15) is 0 Å². The summed E-state index contributed by atoms with van der Waals surface area (Å²) in [4.78, 5) is 64.6. The Balaban J connectivity index is 1.12. The highest BCUT2D eigenvalue weighted by molar-refractivity contribution is 6.32. The number of hydrogen-bond acceptors (Lipinski definition) is 8. The normalized spacial score (nSPS) is 26.5. The number of allylic oxidation sites excluding steroid dienone is 2. The van der Waals surface area contributed by atoms with Gasteiger partial charge in [0, 0.05) is 17.0 Å². The zero-order valence-electron chi connectivity index (χ0n) is 28.5. The molecule has 2 saturated heterocycles. The molecule has 266 valence electrons. The van der Waals surface area contributed by atoms with Crippen LogP contribution in [0, 0.1) is 34.9 Å². The maximum atomic E-state index is 14.7. The molecule has 0 bridgehead atoms. The van der Waals surface area contributed by atoms with Crippen LogP contribution in [0.3, 0.4) is 0 Å². The van der Waals surface area contributed by atoms with E-state index >= 15 is 0 Å². The Morgan fingerprint density at radius 3 is 2.40 bits per heavy atom. The molecule has 12 heteroatoms. The third-order valence-electron chi connectivity index (χ3n) is 11.7. The monoisotopic (exact) mass is 731 g/mol. The molecule has 4 amide bonds. The van der Waals surface area contributed by atoms with E-state index in [9.17, 15) is 28.7 Å². The summed E-state index contributed by atoms with van der Waals surface area (Å²) in [5, 5.41) is 11.2. The van der Waals surface area contributed by atoms with Crippen LogP contribution in [0.15, 0.2) is 101 Å². The molecule has 6 atom stereocenters. The van der Waals surface area contributed by atoms with Gasteiger partial charge in [-0.15, -0.1) is 0 Å². The predicted molar refractivity (Wildman–Crippen MR) is 193 cm³/mol. The van der Waals surface area contributed by atoms with Crippen molar-refractivity contribution in [1.29, 1.82) is 0 Å². The summed E-state index contributed by atoms with van der Waals surface area (Å²) in [6.07, 6.45) is 2.20. The van der Waals surface area contributed by atoms with Crippen molar-refractivity contribution in [2.24, 2.45) is 29.1 Å². The van der Waals surface area contributed by atoms with Crippen molar-refractivity contribution < 1.29 is 37.8 Å². The summed E-state index contributed by atoms with van der Waals surface area (Å²) in [5.41, 5.74) is 2.05. The minimum Gasteiger partial charge on any atom is -0.508 e. The van der Waals surface area contributed by atoms with Gasteiger partial charge in [0.05, 0.1) is 46.7 Å². The number of imide groups is 2. The number of oxazole rings is 1. The fourth-order valence-electron chi connectivity index (χ4n) is 9.20. The number of nitrogens with zero attached hydrogens (tertiary/aromatic N) is 3. The first-order valence-electron chi connectivity index (χ1n) is 17.3. The number of halogens is 2. The number of phenolic OH excluding ortho intramolecular Hbond substituents is 1. The summed E-state index contributed by atoms with van der Waals surface area (Å²) < 4.78 is 25.8. The number of aromatic hydroxyl groups is 1. The summed E-state index contributed by atoms with van der Waals surface area (Å²) in [6, 6.07) is 22.7. The summed E-state index contributed by atoms with van der Waals surface area (Å²) in [6.45, 7) is 1.69. The lowest BCUT2D eigenvalue weighted by Gasteiger charge is -2.49. The third-order valence-corrected chi connectivity index (χ3v) is 11.9. The van der Waals surface area contributed by atoms with Crippen LogP contribution >= 0.6 is 11.6 Å². The summed E-state index contributed by atoms with van der Waals surface area (Å²) in [7, 11) is 1.45. The third kappa shape index (κ3) is 4.66. The molecule has 53 heavy (non-hydrogen) atoms. The number of carbonyl (C=O) groups is 4. The number of ether oxygens (including phenoxy) is 1. The zero-order valence-corrected chi connectivity index (χ0v) is 29.2. The van der Waals surface area contributed by atoms with Gasteiger partial charge in [0.25, 0.3) is 0 Å². The zero-order chi connectivity index (χ0) is 36.9. The van der Waals surface area contributed by atoms with E-state index in [1.54, 1.807) is 43.3 Å². The van der Waals surface area contributed by atoms with Crippen LogP contribution in [0.25, 0.3) is 22.6 Å². The Labute approximate surface area is 307 Å². The second-order valence-corrected chi connectivity index (χ2v) is 14.6. The molecular weight excluding hydrogens is 701 g/mol. The van der Waals surface area contributed by atoms with Crippen LogP contribution in [0.2, 0.25) is 5.02 Å². The van der Waals surface area contributed by atoms with Crippen molar-refractivity contribution in [3.05, 3.63) is 113 Å². The second-order valence-electron chi connectivity index (χ2n) is 14.2. The van der Waals surface area contributed by atoms with E-state index in [-0.39, 0.29) is 35.2 Å². The number of phenols is 1. The lowest BCUT2D eigenvalue weighted by Crippen LogP contribution is -2.49. The smallest absolute Gasteiger partial charge is 0.241 e. The summed E-state index contributed by atoms with van der Waals surface area (Å²) in [5.74, 6) is -6.04. The second kappa shape index (κ2) is 11.9. The number of rotatable bonds is 5. The molecule has 2 aliphatic heterocycles. The molecule has 0 unspecified atom stereocenters. The molecule has 0 spiro atoms. The van der Waals surface area contributed by atoms with Crippen LogP contribution in [0.5, 0.6) is 11.5 Å². The average Bonchev–Trinajstić information content (AvgIpc) is 3.76. The standard InChI is InChI=1S/C41H31ClFN3O7/c1-41-26(38(49)46(40(41)51)22-14-17-28(43)27(42)18-22)19-25-23(35(41)34-30(47)7-5-9-32(34)52-2)15-16-24-33(25)39(50)45(37(24)48)21-12-10-20(11-13-21)36-44-29-6-3-4-8-31(29)53-36/h3-15,17-18,24-26,33,35,47H,16,19H2,1-2H3/t24-,25+,26-,33-,35+,41+/m0/s1. The van der Waals surface area contributed by atoms with Gasteiger partial charge in [-0.1, -0.05) is 41.4 Å². The maximum absolute atomic E-state index is 14.7. The molecule has 9 rings (SSSR count). The van der Waals surface area contributed by atoms with E-state index in [0.717, 1.165) is 11.0 Å². The highest BCUT2D eigenvalue weighted by Gasteiger charge is 2.68. The minimum absolute atomic E-state index is 0.0927. The van der Waals surface area contributed by atoms with E-state index < -0.39 is 58.5 Å². The highest BCUT2D eigenvalue weighted by atomic mass is 35.5. The van der Waals surface area contributed by atoms with Gasteiger partial charge in [-0.25, -0.2) is 14.3 Å². The molecule has 5 aromatic rings. The lowest BCUT2D eigenvalue weighted by atomic mass is 9.51. The van der Waals surface area contributed by atoms with Crippen molar-refractivity contribution in [2.45, 2.75) is 25.7 Å². The van der Waals surface area contributed by atoms with Crippen LogP contribution in [0.4, 0.5) is 15.8 Å². The molecule has 1 saturated carbocycles. The summed E-state index contributed by atoms with van der Waals surface area (Å²) >= 11 is 6.11. The fourth-order valence-corrected chi connectivity index (χ4v) is 9.37. The molecule has 2 aliphatic carbocycles. The van der Waals surface area contributed by atoms with Gasteiger partial charge in [0.1, 0.15) is 22.8 Å². The molecule has 3 heterocycles. The number of aromatic nitrogens is 1. The Morgan fingerprint density at radius 2 is 1.66 bits per heavy atom. The fraction of sp³-hybridized carbons (Fsp3) is 0.244. The van der Waals surface area contributed by atoms with E-state index in [0.29, 0.717) is 45.1 Å². The largest absolute Gasteiger partial charge is 0.508 e. The van der Waals surface area contributed by atoms with E-state index in [1.807, 2.05) is 30.3 Å². The number of benzene rings is 4. The first-order chi connectivity index (χ1) is 25.5. The molecule has 4 aliphatic rings. The van der Waals surface area contributed by atoms with E-state index in [2.05, 4.69) is 4.98 Å². The number of carbonyl (C=O) groups excluding carboxylic acids is 4. The minimum atomic E-state index is -1.45. The van der Waals surface area contributed by atoms with Crippen molar-refractivity contribution in [2.75, 3.05) is 16.9 Å². The van der Waals surface area contributed by atoms with E-state index in [4.69, 9.17) is 20.8 Å².